The number of methoxy groups -OCH3 is 1. The maximum absolute atomic E-state index is 5.23. The van der Waals surface area contributed by atoms with Gasteiger partial charge in [-0.2, -0.15) is 0 Å². The highest BCUT2D eigenvalue weighted by molar-refractivity contribution is 5.95. The van der Waals surface area contributed by atoms with Crippen molar-refractivity contribution in [2.45, 2.75) is 6.92 Å². The first-order valence-electron chi connectivity index (χ1n) is 8.98. The fourth-order valence-electron chi connectivity index (χ4n) is 3.38. The van der Waals surface area contributed by atoms with E-state index in [1.807, 2.05) is 24.3 Å². The Hall–Kier alpha value is -3.44. The van der Waals surface area contributed by atoms with Crippen LogP contribution in [0, 0.1) is 18.8 Å². The van der Waals surface area contributed by atoms with E-state index < -0.39 is 0 Å². The number of rotatable bonds is 2. The third kappa shape index (κ3) is 3.20. The van der Waals surface area contributed by atoms with Gasteiger partial charge >= 0.3 is 0 Å². The molecule has 0 saturated heterocycles. The minimum Gasteiger partial charge on any atom is -0.497 e. The second-order valence-corrected chi connectivity index (χ2v) is 6.64. The summed E-state index contributed by atoms with van der Waals surface area (Å²) in [6.07, 6.45) is 0. The highest BCUT2D eigenvalue weighted by Crippen LogP contribution is 2.32. The van der Waals surface area contributed by atoms with Crippen molar-refractivity contribution in [1.82, 2.24) is 4.57 Å². The summed E-state index contributed by atoms with van der Waals surface area (Å²) in [7, 11) is 3.78. The molecule has 0 amide bonds. The van der Waals surface area contributed by atoms with Gasteiger partial charge in [-0.05, 0) is 42.8 Å². The Morgan fingerprint density at radius 1 is 0.815 bits per heavy atom. The SMILES string of the molecule is COc1ccc(C#Cc2c(-c3ccc(C)cc3)n(C)c3ccccc23)cc1. The van der Waals surface area contributed by atoms with Crippen LogP contribution in [0.5, 0.6) is 5.75 Å². The van der Waals surface area contributed by atoms with Gasteiger partial charge in [0.15, 0.2) is 0 Å². The number of aryl methyl sites for hydroxylation is 2. The predicted molar refractivity (Wildman–Crippen MR) is 112 cm³/mol. The average Bonchev–Trinajstić information content (AvgIpc) is 2.99. The molecule has 0 saturated carbocycles. The van der Waals surface area contributed by atoms with Gasteiger partial charge in [0.1, 0.15) is 5.75 Å². The first-order chi connectivity index (χ1) is 13.2. The van der Waals surface area contributed by atoms with Crippen molar-refractivity contribution in [3.05, 3.63) is 89.5 Å². The number of para-hydroxylation sites is 1. The molecular weight excluding hydrogens is 330 g/mol. The highest BCUT2D eigenvalue weighted by atomic mass is 16.5. The van der Waals surface area contributed by atoms with Gasteiger partial charge in [0.2, 0.25) is 0 Å². The average molecular weight is 351 g/mol. The molecule has 0 aliphatic heterocycles. The van der Waals surface area contributed by atoms with Crippen molar-refractivity contribution in [2.24, 2.45) is 7.05 Å². The lowest BCUT2D eigenvalue weighted by Crippen LogP contribution is -1.92. The van der Waals surface area contributed by atoms with E-state index in [0.717, 1.165) is 22.6 Å². The fraction of sp³-hybridized carbons (Fsp3) is 0.120. The molecule has 1 heterocycles. The van der Waals surface area contributed by atoms with Gasteiger partial charge < -0.3 is 9.30 Å². The Balaban J connectivity index is 1.90. The molecule has 27 heavy (non-hydrogen) atoms. The molecule has 0 N–H and O–H groups in total. The zero-order valence-electron chi connectivity index (χ0n) is 15.8. The van der Waals surface area contributed by atoms with Crippen molar-refractivity contribution in [3.8, 4) is 28.8 Å². The van der Waals surface area contributed by atoms with Crippen LogP contribution in [0.15, 0.2) is 72.8 Å². The maximum atomic E-state index is 5.23. The number of hydrogen-bond donors (Lipinski definition) is 0. The van der Waals surface area contributed by atoms with E-state index in [0.29, 0.717) is 0 Å². The summed E-state index contributed by atoms with van der Waals surface area (Å²) in [5, 5.41) is 1.18. The Kier molecular flexibility index (Phi) is 4.44. The summed E-state index contributed by atoms with van der Waals surface area (Å²) in [5.74, 6) is 7.59. The highest BCUT2D eigenvalue weighted by Gasteiger charge is 2.14. The quantitative estimate of drug-likeness (QED) is 0.431. The van der Waals surface area contributed by atoms with Crippen LogP contribution in [0.1, 0.15) is 16.7 Å². The zero-order valence-corrected chi connectivity index (χ0v) is 15.8. The molecule has 2 nitrogen and oxygen atoms in total. The van der Waals surface area contributed by atoms with E-state index in [9.17, 15) is 0 Å². The molecule has 4 aromatic rings. The summed E-state index contributed by atoms with van der Waals surface area (Å²) in [5.41, 5.74) is 6.80. The Morgan fingerprint density at radius 3 is 2.22 bits per heavy atom. The topological polar surface area (TPSA) is 14.2 Å². The first-order valence-corrected chi connectivity index (χ1v) is 8.98. The van der Waals surface area contributed by atoms with Gasteiger partial charge in [0.25, 0.3) is 0 Å². The summed E-state index contributed by atoms with van der Waals surface area (Å²) in [6, 6.07) is 24.9. The van der Waals surface area contributed by atoms with Gasteiger partial charge in [-0.15, -0.1) is 0 Å². The molecule has 4 rings (SSSR count). The summed E-state index contributed by atoms with van der Waals surface area (Å²) in [4.78, 5) is 0. The van der Waals surface area contributed by atoms with Crippen LogP contribution in [-0.4, -0.2) is 11.7 Å². The van der Waals surface area contributed by atoms with E-state index in [4.69, 9.17) is 4.74 Å². The van der Waals surface area contributed by atoms with Gasteiger partial charge in [0, 0.05) is 23.5 Å². The lowest BCUT2D eigenvalue weighted by atomic mass is 10.0. The molecule has 132 valence electrons. The first kappa shape index (κ1) is 17.0. The van der Waals surface area contributed by atoms with Crippen LogP contribution in [0.2, 0.25) is 0 Å². The van der Waals surface area contributed by atoms with Crippen molar-refractivity contribution in [2.75, 3.05) is 7.11 Å². The van der Waals surface area contributed by atoms with Gasteiger partial charge in [-0.1, -0.05) is 59.9 Å². The van der Waals surface area contributed by atoms with Gasteiger partial charge in [-0.25, -0.2) is 0 Å². The lowest BCUT2D eigenvalue weighted by molar-refractivity contribution is 0.415. The summed E-state index contributed by atoms with van der Waals surface area (Å²) in [6.45, 7) is 2.11. The van der Waals surface area contributed by atoms with Crippen LogP contribution in [0.25, 0.3) is 22.2 Å². The van der Waals surface area contributed by atoms with Crippen LogP contribution < -0.4 is 4.74 Å². The summed E-state index contributed by atoms with van der Waals surface area (Å²) >= 11 is 0. The zero-order chi connectivity index (χ0) is 18.8. The fourth-order valence-corrected chi connectivity index (χ4v) is 3.38. The van der Waals surface area contributed by atoms with E-state index in [2.05, 4.69) is 78.9 Å². The molecule has 0 radical (unpaired) electrons. The predicted octanol–water partition coefficient (Wildman–Crippen LogP) is 5.56. The van der Waals surface area contributed by atoms with Crippen LogP contribution in [-0.2, 0) is 7.05 Å². The minimum atomic E-state index is 0.839. The number of fused-ring (bicyclic) bond motifs is 1. The van der Waals surface area contributed by atoms with E-state index in [1.165, 1.54) is 22.0 Å². The lowest BCUT2D eigenvalue weighted by Gasteiger charge is -2.06. The Bertz CT molecular complexity index is 1150. The number of hydrogen-bond acceptors (Lipinski definition) is 1. The Labute approximate surface area is 160 Å². The molecule has 0 bridgehead atoms. The third-order valence-corrected chi connectivity index (χ3v) is 4.85. The molecule has 0 aliphatic rings. The molecule has 0 aliphatic carbocycles. The normalized spacial score (nSPS) is 10.5. The van der Waals surface area contributed by atoms with E-state index in [1.54, 1.807) is 7.11 Å². The molecule has 0 unspecified atom stereocenters. The molecule has 0 fully saturated rings. The van der Waals surface area contributed by atoms with Crippen molar-refractivity contribution < 1.29 is 4.74 Å². The third-order valence-electron chi connectivity index (χ3n) is 4.85. The standard InChI is InChI=1S/C25H21NO/c1-18-8-13-20(14-9-18)25-23(22-6-4-5-7-24(22)26(25)2)17-12-19-10-15-21(27-3)16-11-19/h4-11,13-16H,1-3H3. The monoisotopic (exact) mass is 351 g/mol. The van der Waals surface area contributed by atoms with Crippen molar-refractivity contribution in [1.29, 1.82) is 0 Å². The molecule has 3 aromatic carbocycles. The number of aromatic nitrogens is 1. The molecule has 0 atom stereocenters. The molecule has 0 spiro atoms. The van der Waals surface area contributed by atoms with Crippen molar-refractivity contribution in [3.63, 3.8) is 0 Å². The Morgan fingerprint density at radius 2 is 1.52 bits per heavy atom. The number of benzene rings is 3. The smallest absolute Gasteiger partial charge is 0.118 e. The molecular formula is C25H21NO. The molecule has 1 aromatic heterocycles. The van der Waals surface area contributed by atoms with E-state index in [-0.39, 0.29) is 0 Å². The van der Waals surface area contributed by atoms with Crippen LogP contribution in [0.3, 0.4) is 0 Å². The molecule has 2 heteroatoms. The van der Waals surface area contributed by atoms with Gasteiger partial charge in [0.05, 0.1) is 18.4 Å². The summed E-state index contributed by atoms with van der Waals surface area (Å²) < 4.78 is 7.46. The largest absolute Gasteiger partial charge is 0.497 e. The van der Waals surface area contributed by atoms with Crippen molar-refractivity contribution >= 4 is 10.9 Å². The second-order valence-electron chi connectivity index (χ2n) is 6.64. The van der Waals surface area contributed by atoms with E-state index >= 15 is 0 Å². The maximum Gasteiger partial charge on any atom is 0.118 e. The second kappa shape index (κ2) is 7.05. The van der Waals surface area contributed by atoms with Crippen LogP contribution in [0.4, 0.5) is 0 Å². The minimum absolute atomic E-state index is 0.839. The van der Waals surface area contributed by atoms with Crippen LogP contribution >= 0.6 is 0 Å². The number of ether oxygens (including phenoxy) is 1. The van der Waals surface area contributed by atoms with Gasteiger partial charge in [-0.3, -0.25) is 0 Å². The number of nitrogens with zero attached hydrogens (tertiary/aromatic N) is 1.